The van der Waals surface area contributed by atoms with Crippen molar-refractivity contribution in [3.8, 4) is 11.4 Å². The zero-order chi connectivity index (χ0) is 18.9. The molecule has 7 nitrogen and oxygen atoms in total. The van der Waals surface area contributed by atoms with Crippen molar-refractivity contribution in [1.29, 1.82) is 0 Å². The van der Waals surface area contributed by atoms with Gasteiger partial charge in [-0.1, -0.05) is 21.1 Å². The van der Waals surface area contributed by atoms with E-state index >= 15 is 0 Å². The number of halogens is 1. The predicted octanol–water partition coefficient (Wildman–Crippen LogP) is 3.46. The minimum absolute atomic E-state index is 0.118. The van der Waals surface area contributed by atoms with Crippen molar-refractivity contribution in [3.63, 3.8) is 0 Å². The van der Waals surface area contributed by atoms with Crippen LogP contribution in [0.5, 0.6) is 0 Å². The molecule has 27 heavy (non-hydrogen) atoms. The third-order valence-electron chi connectivity index (χ3n) is 4.57. The first-order valence-electron chi connectivity index (χ1n) is 8.54. The molecule has 1 aromatic carbocycles. The molecule has 1 aliphatic rings. The zero-order valence-electron chi connectivity index (χ0n) is 14.3. The van der Waals surface area contributed by atoms with Gasteiger partial charge in [0.25, 0.3) is 0 Å². The van der Waals surface area contributed by atoms with Gasteiger partial charge in [0.15, 0.2) is 0 Å². The predicted molar refractivity (Wildman–Crippen MR) is 102 cm³/mol. The summed E-state index contributed by atoms with van der Waals surface area (Å²) in [4.78, 5) is 8.73. The molecule has 4 rings (SSSR count). The monoisotopic (exact) mass is 448 g/mol. The van der Waals surface area contributed by atoms with E-state index in [2.05, 4.69) is 31.1 Å². The van der Waals surface area contributed by atoms with Crippen molar-refractivity contribution in [1.82, 2.24) is 19.4 Å². The number of hydrogen-bond acceptors (Lipinski definition) is 6. The van der Waals surface area contributed by atoms with E-state index in [-0.39, 0.29) is 10.8 Å². The van der Waals surface area contributed by atoms with Gasteiger partial charge in [0.2, 0.25) is 21.7 Å². The molecule has 1 saturated heterocycles. The molecule has 1 fully saturated rings. The molecule has 0 spiro atoms. The molecule has 3 aromatic rings. The number of piperidine rings is 1. The van der Waals surface area contributed by atoms with Gasteiger partial charge < -0.3 is 4.52 Å². The third kappa shape index (κ3) is 3.80. The second kappa shape index (κ2) is 7.49. The summed E-state index contributed by atoms with van der Waals surface area (Å²) in [6.45, 7) is 0.816. The summed E-state index contributed by atoms with van der Waals surface area (Å²) in [5, 5.41) is 4.03. The van der Waals surface area contributed by atoms with Crippen molar-refractivity contribution in [2.75, 3.05) is 13.1 Å². The first-order chi connectivity index (χ1) is 13.0. The van der Waals surface area contributed by atoms with E-state index in [1.54, 1.807) is 48.8 Å². The summed E-state index contributed by atoms with van der Waals surface area (Å²) in [6.07, 6.45) is 4.88. The second-order valence-electron chi connectivity index (χ2n) is 6.35. The molecule has 2 aromatic heterocycles. The molecule has 140 valence electrons. The minimum Gasteiger partial charge on any atom is -0.339 e. The summed E-state index contributed by atoms with van der Waals surface area (Å²) < 4.78 is 33.7. The normalized spacial score (nSPS) is 18.5. The van der Waals surface area contributed by atoms with Gasteiger partial charge in [0, 0.05) is 35.5 Å². The molecule has 0 N–H and O–H groups in total. The van der Waals surface area contributed by atoms with Crippen LogP contribution in [-0.4, -0.2) is 40.9 Å². The molecule has 0 saturated carbocycles. The zero-order valence-corrected chi connectivity index (χ0v) is 16.7. The molecule has 9 heteroatoms. The van der Waals surface area contributed by atoms with Crippen molar-refractivity contribution in [2.24, 2.45) is 0 Å². The molecule has 0 aliphatic carbocycles. The molecule has 0 bridgehead atoms. The summed E-state index contributed by atoms with van der Waals surface area (Å²) in [5.41, 5.74) is 0.815. The second-order valence-corrected chi connectivity index (χ2v) is 9.20. The molecule has 1 unspecified atom stereocenters. The van der Waals surface area contributed by atoms with E-state index in [1.807, 2.05) is 0 Å². The largest absolute Gasteiger partial charge is 0.339 e. The Bertz CT molecular complexity index is 1020. The minimum atomic E-state index is -3.55. The maximum atomic E-state index is 12.9. The summed E-state index contributed by atoms with van der Waals surface area (Å²) in [5.74, 6) is 0.838. The van der Waals surface area contributed by atoms with Gasteiger partial charge >= 0.3 is 0 Å². The number of sulfonamides is 1. The van der Waals surface area contributed by atoms with E-state index in [4.69, 9.17) is 4.52 Å². The van der Waals surface area contributed by atoms with Crippen LogP contribution in [0.1, 0.15) is 24.7 Å². The average Bonchev–Trinajstić information content (AvgIpc) is 3.19. The SMILES string of the molecule is O=S(=O)(c1ccc(Br)cc1)N1CCCC(c2nc(-c3ccncc3)no2)C1. The van der Waals surface area contributed by atoms with Crippen LogP contribution in [0.25, 0.3) is 11.4 Å². The van der Waals surface area contributed by atoms with Crippen LogP contribution >= 0.6 is 15.9 Å². The van der Waals surface area contributed by atoms with Crippen LogP contribution in [0.15, 0.2) is 62.7 Å². The third-order valence-corrected chi connectivity index (χ3v) is 6.97. The Hall–Kier alpha value is -2.10. The Balaban J connectivity index is 1.55. The lowest BCUT2D eigenvalue weighted by molar-refractivity contribution is 0.265. The smallest absolute Gasteiger partial charge is 0.243 e. The highest BCUT2D eigenvalue weighted by Gasteiger charge is 2.33. The van der Waals surface area contributed by atoms with Crippen LogP contribution in [0, 0.1) is 0 Å². The van der Waals surface area contributed by atoms with Gasteiger partial charge in [-0.05, 0) is 49.2 Å². The standard InChI is InChI=1S/C18H17BrN4O3S/c19-15-3-5-16(6-4-15)27(24,25)23-11-1-2-14(12-23)18-21-17(22-26-18)13-7-9-20-10-8-13/h3-10,14H,1-2,11-12H2. The van der Waals surface area contributed by atoms with E-state index in [0.29, 0.717) is 24.8 Å². The maximum Gasteiger partial charge on any atom is 0.243 e. The fourth-order valence-electron chi connectivity index (χ4n) is 3.14. The summed E-state index contributed by atoms with van der Waals surface area (Å²) >= 11 is 3.33. The van der Waals surface area contributed by atoms with Gasteiger partial charge in [-0.2, -0.15) is 9.29 Å². The van der Waals surface area contributed by atoms with E-state index in [0.717, 1.165) is 22.9 Å². The number of rotatable bonds is 4. The van der Waals surface area contributed by atoms with E-state index in [1.165, 1.54) is 4.31 Å². The molecule has 1 aliphatic heterocycles. The Kier molecular flexibility index (Phi) is 5.07. The lowest BCUT2D eigenvalue weighted by atomic mass is 10.00. The van der Waals surface area contributed by atoms with Crippen molar-refractivity contribution < 1.29 is 12.9 Å². The first-order valence-corrected chi connectivity index (χ1v) is 10.8. The van der Waals surface area contributed by atoms with Crippen LogP contribution < -0.4 is 0 Å². The Morgan fingerprint density at radius 3 is 2.59 bits per heavy atom. The Morgan fingerprint density at radius 2 is 1.85 bits per heavy atom. The van der Waals surface area contributed by atoms with Gasteiger partial charge in [-0.3, -0.25) is 4.98 Å². The topological polar surface area (TPSA) is 89.2 Å². The van der Waals surface area contributed by atoms with Gasteiger partial charge in [0.1, 0.15) is 0 Å². The molecule has 0 amide bonds. The fourth-order valence-corrected chi connectivity index (χ4v) is 4.93. The number of benzene rings is 1. The number of nitrogens with zero attached hydrogens (tertiary/aromatic N) is 4. The Labute approximate surface area is 165 Å². The number of aromatic nitrogens is 3. The molecular weight excluding hydrogens is 432 g/mol. The molecular formula is C18H17BrN4O3S. The van der Waals surface area contributed by atoms with Gasteiger partial charge in [-0.25, -0.2) is 8.42 Å². The lowest BCUT2D eigenvalue weighted by Crippen LogP contribution is -2.39. The van der Waals surface area contributed by atoms with Crippen LogP contribution in [0.2, 0.25) is 0 Å². The fraction of sp³-hybridized carbons (Fsp3) is 0.278. The molecule has 0 radical (unpaired) electrons. The highest BCUT2D eigenvalue weighted by molar-refractivity contribution is 9.10. The Morgan fingerprint density at radius 1 is 1.11 bits per heavy atom. The lowest BCUT2D eigenvalue weighted by Gasteiger charge is -2.30. The van der Waals surface area contributed by atoms with Crippen LogP contribution in [0.4, 0.5) is 0 Å². The van der Waals surface area contributed by atoms with Crippen molar-refractivity contribution in [3.05, 3.63) is 59.2 Å². The van der Waals surface area contributed by atoms with Gasteiger partial charge in [0.05, 0.1) is 10.8 Å². The van der Waals surface area contributed by atoms with Crippen molar-refractivity contribution >= 4 is 26.0 Å². The first kappa shape index (κ1) is 18.3. The number of pyridine rings is 1. The van der Waals surface area contributed by atoms with Crippen LogP contribution in [-0.2, 0) is 10.0 Å². The highest BCUT2D eigenvalue weighted by atomic mass is 79.9. The molecule has 3 heterocycles. The number of hydrogen-bond donors (Lipinski definition) is 0. The summed E-state index contributed by atoms with van der Waals surface area (Å²) in [7, 11) is -3.55. The van der Waals surface area contributed by atoms with Crippen molar-refractivity contribution in [2.45, 2.75) is 23.7 Å². The maximum absolute atomic E-state index is 12.9. The quantitative estimate of drug-likeness (QED) is 0.606. The highest BCUT2D eigenvalue weighted by Crippen LogP contribution is 2.30. The van der Waals surface area contributed by atoms with E-state index < -0.39 is 10.0 Å². The average molecular weight is 449 g/mol. The van der Waals surface area contributed by atoms with E-state index in [9.17, 15) is 8.42 Å². The van der Waals surface area contributed by atoms with Gasteiger partial charge in [-0.15, -0.1) is 0 Å². The molecule has 1 atom stereocenters. The summed E-state index contributed by atoms with van der Waals surface area (Å²) in [6, 6.07) is 10.3. The van der Waals surface area contributed by atoms with Crippen LogP contribution in [0.3, 0.4) is 0 Å².